The number of carbonyl (C=O) groups is 1. The van der Waals surface area contributed by atoms with Crippen LogP contribution in [0.2, 0.25) is 0 Å². The maximum absolute atomic E-state index is 10.6. The van der Waals surface area contributed by atoms with E-state index in [1.165, 1.54) is 44.0 Å². The third-order valence-corrected chi connectivity index (χ3v) is 3.36. The average Bonchev–Trinajstić information content (AvgIpc) is 2.89. The van der Waals surface area contributed by atoms with E-state index in [9.17, 15) is 4.79 Å². The number of benzene rings is 1. The van der Waals surface area contributed by atoms with E-state index in [4.69, 9.17) is 0 Å². The van der Waals surface area contributed by atoms with E-state index in [-0.39, 0.29) is 5.97 Å². The van der Waals surface area contributed by atoms with E-state index in [2.05, 4.69) is 39.5 Å². The van der Waals surface area contributed by atoms with Crippen LogP contribution in [0.4, 0.5) is 0 Å². The van der Waals surface area contributed by atoms with E-state index >= 15 is 0 Å². The van der Waals surface area contributed by atoms with Crippen molar-refractivity contribution in [2.24, 2.45) is 0 Å². The minimum Gasteiger partial charge on any atom is -0.371 e. The number of hydroxylamine groups is 1. The van der Waals surface area contributed by atoms with Crippen LogP contribution in [0.25, 0.3) is 0 Å². The molecule has 0 unspecified atom stereocenters. The lowest BCUT2D eigenvalue weighted by Crippen LogP contribution is -2.20. The Morgan fingerprint density at radius 1 is 1.21 bits per heavy atom. The predicted molar refractivity (Wildman–Crippen MR) is 74.4 cm³/mol. The minimum atomic E-state index is -0.305. The van der Waals surface area contributed by atoms with Gasteiger partial charge in [-0.3, -0.25) is 9.69 Å². The Morgan fingerprint density at radius 3 is 2.47 bits per heavy atom. The molecular weight excluding hydrogens is 240 g/mol. The van der Waals surface area contributed by atoms with Gasteiger partial charge in [-0.1, -0.05) is 24.3 Å². The topological polar surface area (TPSA) is 41.6 Å². The number of rotatable bonds is 6. The van der Waals surface area contributed by atoms with Crippen LogP contribution in [0.5, 0.6) is 0 Å². The molecule has 0 spiro atoms. The fourth-order valence-corrected chi connectivity index (χ4v) is 2.36. The number of nitrogens with zero attached hydrogens (tertiary/aromatic N) is 1. The van der Waals surface area contributed by atoms with Crippen molar-refractivity contribution in [3.63, 3.8) is 0 Å². The highest BCUT2D eigenvalue weighted by Gasteiger charge is 2.11. The van der Waals surface area contributed by atoms with Gasteiger partial charge in [0.15, 0.2) is 0 Å². The fraction of sp³-hybridized carbons (Fsp3) is 0.533. The first kappa shape index (κ1) is 14.0. The van der Waals surface area contributed by atoms with Gasteiger partial charge in [-0.15, -0.1) is 0 Å². The second kappa shape index (κ2) is 7.26. The van der Waals surface area contributed by atoms with Crippen molar-refractivity contribution in [2.75, 3.05) is 19.6 Å². The zero-order valence-electron chi connectivity index (χ0n) is 11.5. The molecule has 0 aromatic heterocycles. The molecule has 1 fully saturated rings. The molecule has 0 saturated carbocycles. The lowest BCUT2D eigenvalue weighted by atomic mass is 10.1. The molecule has 4 heteroatoms. The summed E-state index contributed by atoms with van der Waals surface area (Å²) in [5.74, 6) is -0.305. The van der Waals surface area contributed by atoms with Crippen LogP contribution in [0, 0.1) is 0 Å². The Morgan fingerprint density at radius 2 is 1.84 bits per heavy atom. The molecule has 0 amide bonds. The predicted octanol–water partition coefficient (Wildman–Crippen LogP) is 1.89. The van der Waals surface area contributed by atoms with E-state index in [1.54, 1.807) is 0 Å². The zero-order valence-corrected chi connectivity index (χ0v) is 11.5. The van der Waals surface area contributed by atoms with Gasteiger partial charge in [0.05, 0.1) is 0 Å². The van der Waals surface area contributed by atoms with Crippen molar-refractivity contribution in [2.45, 2.75) is 32.7 Å². The lowest BCUT2D eigenvalue weighted by Gasteiger charge is -2.14. The zero-order chi connectivity index (χ0) is 13.5. The van der Waals surface area contributed by atoms with Gasteiger partial charge in [-0.05, 0) is 43.5 Å². The van der Waals surface area contributed by atoms with Crippen LogP contribution in [0.1, 0.15) is 30.9 Å². The highest BCUT2D eigenvalue weighted by molar-refractivity contribution is 5.65. The van der Waals surface area contributed by atoms with Crippen molar-refractivity contribution in [3.8, 4) is 0 Å². The van der Waals surface area contributed by atoms with Gasteiger partial charge < -0.3 is 4.84 Å². The number of likely N-dealkylation sites (tertiary alicyclic amines) is 1. The Balaban J connectivity index is 1.72. The molecule has 4 nitrogen and oxygen atoms in total. The maximum Gasteiger partial charge on any atom is 0.321 e. The molecule has 1 saturated heterocycles. The summed E-state index contributed by atoms with van der Waals surface area (Å²) in [5.41, 5.74) is 5.28. The largest absolute Gasteiger partial charge is 0.371 e. The summed E-state index contributed by atoms with van der Waals surface area (Å²) < 4.78 is 0. The first-order chi connectivity index (χ1) is 9.24. The second-order valence-corrected chi connectivity index (χ2v) is 5.04. The molecule has 1 aromatic carbocycles. The van der Waals surface area contributed by atoms with Gasteiger partial charge in [0, 0.05) is 20.0 Å². The summed E-state index contributed by atoms with van der Waals surface area (Å²) in [6, 6.07) is 8.70. The third kappa shape index (κ3) is 5.01. The van der Waals surface area contributed by atoms with Gasteiger partial charge in [0.1, 0.15) is 0 Å². The van der Waals surface area contributed by atoms with Gasteiger partial charge >= 0.3 is 5.97 Å². The Kier molecular flexibility index (Phi) is 5.36. The Bertz CT molecular complexity index is 397. The molecule has 2 rings (SSSR count). The summed E-state index contributed by atoms with van der Waals surface area (Å²) in [5, 5.41) is 0. The van der Waals surface area contributed by atoms with E-state index in [1.807, 2.05) is 0 Å². The fourth-order valence-electron chi connectivity index (χ4n) is 2.36. The number of carbonyl (C=O) groups excluding carboxylic acids is 1. The van der Waals surface area contributed by atoms with Crippen molar-refractivity contribution in [1.29, 1.82) is 0 Å². The van der Waals surface area contributed by atoms with Crippen LogP contribution >= 0.6 is 0 Å². The Hall–Kier alpha value is -1.39. The van der Waals surface area contributed by atoms with E-state index in [0.29, 0.717) is 6.54 Å². The first-order valence-corrected chi connectivity index (χ1v) is 6.94. The molecule has 1 heterocycles. The monoisotopic (exact) mass is 262 g/mol. The highest BCUT2D eigenvalue weighted by atomic mass is 16.7. The van der Waals surface area contributed by atoms with Gasteiger partial charge in [0.2, 0.25) is 0 Å². The first-order valence-electron chi connectivity index (χ1n) is 6.94. The van der Waals surface area contributed by atoms with Crippen LogP contribution in [0.15, 0.2) is 24.3 Å². The van der Waals surface area contributed by atoms with Crippen LogP contribution in [-0.4, -0.2) is 30.5 Å². The summed E-state index contributed by atoms with van der Waals surface area (Å²) in [6.45, 7) is 5.55. The van der Waals surface area contributed by atoms with E-state index < -0.39 is 0 Å². The van der Waals surface area contributed by atoms with E-state index in [0.717, 1.165) is 13.0 Å². The third-order valence-electron chi connectivity index (χ3n) is 3.36. The molecule has 0 radical (unpaired) electrons. The van der Waals surface area contributed by atoms with Crippen molar-refractivity contribution < 1.29 is 9.63 Å². The smallest absolute Gasteiger partial charge is 0.321 e. The van der Waals surface area contributed by atoms with Crippen LogP contribution < -0.4 is 5.48 Å². The second-order valence-electron chi connectivity index (χ2n) is 5.04. The van der Waals surface area contributed by atoms with Crippen molar-refractivity contribution >= 4 is 5.97 Å². The summed E-state index contributed by atoms with van der Waals surface area (Å²) >= 11 is 0. The van der Waals surface area contributed by atoms with Gasteiger partial charge in [0.25, 0.3) is 0 Å². The van der Waals surface area contributed by atoms with Gasteiger partial charge in [-0.2, -0.15) is 5.48 Å². The van der Waals surface area contributed by atoms with Crippen LogP contribution in [-0.2, 0) is 22.6 Å². The quantitative estimate of drug-likeness (QED) is 0.628. The maximum atomic E-state index is 10.6. The molecule has 0 aliphatic carbocycles. The molecule has 1 aliphatic heterocycles. The van der Waals surface area contributed by atoms with Crippen molar-refractivity contribution in [3.05, 3.63) is 35.4 Å². The lowest BCUT2D eigenvalue weighted by molar-refractivity contribution is -0.148. The van der Waals surface area contributed by atoms with Crippen LogP contribution in [0.3, 0.4) is 0 Å². The summed E-state index contributed by atoms with van der Waals surface area (Å²) in [7, 11) is 0. The van der Waals surface area contributed by atoms with Gasteiger partial charge in [-0.25, -0.2) is 0 Å². The molecular formula is C15H22N2O2. The average molecular weight is 262 g/mol. The molecule has 1 aromatic rings. The molecule has 1 aliphatic rings. The number of hydrogen-bond acceptors (Lipinski definition) is 4. The molecule has 19 heavy (non-hydrogen) atoms. The highest BCUT2D eigenvalue weighted by Crippen LogP contribution is 2.13. The molecule has 0 atom stereocenters. The number of hydrogen-bond donors (Lipinski definition) is 1. The summed E-state index contributed by atoms with van der Waals surface area (Å²) in [4.78, 5) is 17.8. The molecule has 0 bridgehead atoms. The molecule has 104 valence electrons. The SMILES string of the molecule is CC(=O)ONCCc1ccc(CN2CCCC2)cc1. The summed E-state index contributed by atoms with van der Waals surface area (Å²) in [6.07, 6.45) is 3.52. The molecule has 1 N–H and O–H groups in total. The standard InChI is InChI=1S/C15H22N2O2/c1-13(18)19-16-9-8-14-4-6-15(7-5-14)12-17-10-2-3-11-17/h4-7,16H,2-3,8-12H2,1H3. The minimum absolute atomic E-state index is 0.305. The Labute approximate surface area is 114 Å². The normalized spacial score (nSPS) is 15.6. The number of nitrogens with one attached hydrogen (secondary N) is 1. The van der Waals surface area contributed by atoms with Crippen molar-refractivity contribution in [1.82, 2.24) is 10.4 Å².